The third kappa shape index (κ3) is 1.26. The molecule has 3 nitrogen and oxygen atoms in total. The van der Waals surface area contributed by atoms with Crippen molar-refractivity contribution in [2.75, 3.05) is 13.7 Å². The molecule has 1 aromatic rings. The van der Waals surface area contributed by atoms with E-state index in [4.69, 9.17) is 4.74 Å². The molecule has 0 aromatic carbocycles. The van der Waals surface area contributed by atoms with E-state index in [0.717, 1.165) is 23.3 Å². The molecule has 2 aliphatic rings. The number of fused-ring (bicyclic) bond motifs is 1. The van der Waals surface area contributed by atoms with Gasteiger partial charge < -0.3 is 10.1 Å². The summed E-state index contributed by atoms with van der Waals surface area (Å²) in [5.41, 5.74) is 1.49. The number of pyridine rings is 1. The molecule has 0 radical (unpaired) electrons. The van der Waals surface area contributed by atoms with Crippen LogP contribution in [0.15, 0.2) is 29.0 Å². The van der Waals surface area contributed by atoms with Crippen LogP contribution in [0, 0.1) is 0 Å². The highest BCUT2D eigenvalue weighted by Gasteiger charge is 2.48. The van der Waals surface area contributed by atoms with Gasteiger partial charge in [-0.25, -0.2) is 4.98 Å². The Balaban J connectivity index is 2.01. The number of ether oxygens (including phenoxy) is 1. The molecule has 0 amide bonds. The lowest BCUT2D eigenvalue weighted by atomic mass is 9.70. The summed E-state index contributed by atoms with van der Waals surface area (Å²) < 4.78 is 6.07. The van der Waals surface area contributed by atoms with Gasteiger partial charge in [-0.2, -0.15) is 0 Å². The monoisotopic (exact) mass is 280 g/mol. The van der Waals surface area contributed by atoms with Crippen LogP contribution in [0.2, 0.25) is 0 Å². The van der Waals surface area contributed by atoms with Crippen molar-refractivity contribution in [3.05, 3.63) is 34.6 Å². The lowest BCUT2D eigenvalue weighted by molar-refractivity contribution is 0.232. The number of halogens is 1. The molecule has 16 heavy (non-hydrogen) atoms. The summed E-state index contributed by atoms with van der Waals surface area (Å²) in [6.45, 7) is 1.02. The zero-order valence-corrected chi connectivity index (χ0v) is 10.6. The van der Waals surface area contributed by atoms with E-state index in [1.54, 1.807) is 7.11 Å². The first kappa shape index (κ1) is 10.3. The van der Waals surface area contributed by atoms with Crippen molar-refractivity contribution in [3.8, 4) is 5.75 Å². The topological polar surface area (TPSA) is 34.1 Å². The van der Waals surface area contributed by atoms with E-state index in [1.165, 1.54) is 5.56 Å². The molecule has 0 bridgehead atoms. The van der Waals surface area contributed by atoms with E-state index < -0.39 is 0 Å². The minimum absolute atomic E-state index is 0.223. The molecule has 0 spiro atoms. The number of nitrogens with one attached hydrogen (secondary N) is 1. The van der Waals surface area contributed by atoms with Crippen molar-refractivity contribution < 1.29 is 4.74 Å². The van der Waals surface area contributed by atoms with Crippen LogP contribution in [-0.4, -0.2) is 24.7 Å². The number of allylic oxidation sites excluding steroid dienone is 1. The summed E-state index contributed by atoms with van der Waals surface area (Å²) in [6.07, 6.45) is 7.54. The number of hydrogen-bond acceptors (Lipinski definition) is 3. The molecular weight excluding hydrogens is 268 g/mol. The van der Waals surface area contributed by atoms with E-state index in [2.05, 4.69) is 44.4 Å². The quantitative estimate of drug-likeness (QED) is 0.665. The highest BCUT2D eigenvalue weighted by molar-refractivity contribution is 9.10. The first-order chi connectivity index (χ1) is 7.76. The highest BCUT2D eigenvalue weighted by Crippen LogP contribution is 2.43. The smallest absolute Gasteiger partial charge is 0.151 e. The SMILES string of the molecule is COc1cc(C23CC=CC2NC3)cnc1Br. The third-order valence-corrected chi connectivity index (χ3v) is 4.24. The van der Waals surface area contributed by atoms with Gasteiger partial charge in [-0.15, -0.1) is 0 Å². The van der Waals surface area contributed by atoms with Gasteiger partial charge in [0.2, 0.25) is 0 Å². The second kappa shape index (κ2) is 3.57. The fraction of sp³-hybridized carbons (Fsp3) is 0.417. The van der Waals surface area contributed by atoms with Crippen LogP contribution >= 0.6 is 15.9 Å². The minimum Gasteiger partial charge on any atom is -0.494 e. The van der Waals surface area contributed by atoms with Crippen LogP contribution in [0.1, 0.15) is 12.0 Å². The molecule has 2 unspecified atom stereocenters. The Morgan fingerprint density at radius 2 is 2.50 bits per heavy atom. The van der Waals surface area contributed by atoms with Crippen molar-refractivity contribution in [1.82, 2.24) is 10.3 Å². The molecule has 3 rings (SSSR count). The molecule has 4 heteroatoms. The first-order valence-electron chi connectivity index (χ1n) is 5.36. The molecule has 2 atom stereocenters. The zero-order chi connectivity index (χ0) is 11.2. The largest absolute Gasteiger partial charge is 0.494 e. The Kier molecular flexibility index (Phi) is 2.30. The molecule has 1 fully saturated rings. The molecule has 2 heterocycles. The normalized spacial score (nSPS) is 31.0. The summed E-state index contributed by atoms with van der Waals surface area (Å²) >= 11 is 3.38. The van der Waals surface area contributed by atoms with Gasteiger partial charge in [0.25, 0.3) is 0 Å². The summed E-state index contributed by atoms with van der Waals surface area (Å²) in [5, 5.41) is 3.43. The molecule has 1 N–H and O–H groups in total. The maximum Gasteiger partial charge on any atom is 0.151 e. The van der Waals surface area contributed by atoms with Gasteiger partial charge in [-0.3, -0.25) is 0 Å². The van der Waals surface area contributed by atoms with Crippen LogP contribution in [0.5, 0.6) is 5.75 Å². The predicted molar refractivity (Wildman–Crippen MR) is 65.7 cm³/mol. The van der Waals surface area contributed by atoms with Crippen molar-refractivity contribution in [1.29, 1.82) is 0 Å². The maximum atomic E-state index is 5.30. The standard InChI is InChI=1S/C12H13BrN2O/c1-16-9-5-8(6-14-11(9)13)12-4-2-3-10(12)15-7-12/h2-3,5-6,10,15H,4,7H2,1H3. The van der Waals surface area contributed by atoms with E-state index in [1.807, 2.05) is 6.20 Å². The second-order valence-electron chi connectivity index (χ2n) is 4.36. The third-order valence-electron chi connectivity index (χ3n) is 3.65. The van der Waals surface area contributed by atoms with Crippen molar-refractivity contribution in [2.45, 2.75) is 17.9 Å². The van der Waals surface area contributed by atoms with E-state index in [-0.39, 0.29) is 5.41 Å². The van der Waals surface area contributed by atoms with Crippen molar-refractivity contribution in [2.24, 2.45) is 0 Å². The van der Waals surface area contributed by atoms with Gasteiger partial charge in [0.15, 0.2) is 5.75 Å². The van der Waals surface area contributed by atoms with Crippen LogP contribution in [-0.2, 0) is 5.41 Å². The lowest BCUT2D eigenvalue weighted by Crippen LogP contribution is -2.62. The molecule has 1 aliphatic heterocycles. The average molecular weight is 281 g/mol. The van der Waals surface area contributed by atoms with E-state index >= 15 is 0 Å². The fourth-order valence-electron chi connectivity index (χ4n) is 2.57. The maximum absolute atomic E-state index is 5.30. The predicted octanol–water partition coefficient (Wildman–Crippen LogP) is 2.02. The van der Waals surface area contributed by atoms with E-state index in [9.17, 15) is 0 Å². The summed E-state index contributed by atoms with van der Waals surface area (Å²) in [7, 11) is 1.67. The zero-order valence-electron chi connectivity index (χ0n) is 9.03. The molecule has 1 aliphatic carbocycles. The first-order valence-corrected chi connectivity index (χ1v) is 6.16. The Morgan fingerprint density at radius 3 is 3.12 bits per heavy atom. The number of hydrogen-bond donors (Lipinski definition) is 1. The van der Waals surface area contributed by atoms with Gasteiger partial charge in [0.1, 0.15) is 4.60 Å². The number of nitrogens with zero attached hydrogens (tertiary/aromatic N) is 1. The molecule has 1 aromatic heterocycles. The van der Waals surface area contributed by atoms with Gasteiger partial charge in [-0.05, 0) is 34.0 Å². The second-order valence-corrected chi connectivity index (χ2v) is 5.12. The molecular formula is C12H13BrN2O. The van der Waals surface area contributed by atoms with Crippen molar-refractivity contribution in [3.63, 3.8) is 0 Å². The molecule has 84 valence electrons. The summed E-state index contributed by atoms with van der Waals surface area (Å²) in [5.74, 6) is 0.810. The molecule has 0 saturated carbocycles. The Hall–Kier alpha value is -0.870. The Labute approximate surface area is 103 Å². The average Bonchev–Trinajstić information content (AvgIpc) is 2.56. The van der Waals surface area contributed by atoms with Crippen molar-refractivity contribution >= 4 is 15.9 Å². The highest BCUT2D eigenvalue weighted by atomic mass is 79.9. The van der Waals surface area contributed by atoms with Crippen LogP contribution < -0.4 is 10.1 Å². The van der Waals surface area contributed by atoms with Gasteiger partial charge >= 0.3 is 0 Å². The Bertz CT molecular complexity index is 460. The summed E-state index contributed by atoms with van der Waals surface area (Å²) in [4.78, 5) is 4.34. The van der Waals surface area contributed by atoms with Crippen LogP contribution in [0.3, 0.4) is 0 Å². The van der Waals surface area contributed by atoms with Gasteiger partial charge in [-0.1, -0.05) is 12.2 Å². The van der Waals surface area contributed by atoms with Gasteiger partial charge in [0.05, 0.1) is 7.11 Å². The fourth-order valence-corrected chi connectivity index (χ4v) is 2.95. The van der Waals surface area contributed by atoms with Gasteiger partial charge in [0, 0.05) is 24.2 Å². The number of aromatic nitrogens is 1. The van der Waals surface area contributed by atoms with Crippen LogP contribution in [0.25, 0.3) is 0 Å². The van der Waals surface area contributed by atoms with Crippen LogP contribution in [0.4, 0.5) is 0 Å². The van der Waals surface area contributed by atoms with E-state index in [0.29, 0.717) is 6.04 Å². The Morgan fingerprint density at radius 1 is 1.62 bits per heavy atom. The number of methoxy groups -OCH3 is 1. The molecule has 1 saturated heterocycles. The minimum atomic E-state index is 0.223. The number of rotatable bonds is 2. The summed E-state index contributed by atoms with van der Waals surface area (Å²) in [6, 6.07) is 2.57. The lowest BCUT2D eigenvalue weighted by Gasteiger charge is -2.46.